The third kappa shape index (κ3) is 4.08. The highest BCUT2D eigenvalue weighted by Crippen LogP contribution is 2.43. The number of nitrogens with zero attached hydrogens (tertiary/aromatic N) is 5. The zero-order valence-electron chi connectivity index (χ0n) is 16.5. The number of amides is 1. The van der Waals surface area contributed by atoms with Crippen LogP contribution >= 0.6 is 23.5 Å². The molecule has 6 nitrogen and oxygen atoms in total. The minimum atomic E-state index is -0.0145. The molecule has 1 atom stereocenters. The van der Waals surface area contributed by atoms with Gasteiger partial charge in [-0.05, 0) is 40.3 Å². The molecule has 0 N–H and O–H groups in total. The van der Waals surface area contributed by atoms with E-state index < -0.39 is 0 Å². The molecule has 3 aromatic carbocycles. The minimum Gasteiger partial charge on any atom is -0.302 e. The molecule has 0 fully saturated rings. The topological polar surface area (TPSA) is 63.9 Å². The van der Waals surface area contributed by atoms with Gasteiger partial charge in [-0.1, -0.05) is 72.4 Å². The fourth-order valence-electron chi connectivity index (χ4n) is 3.61. The van der Waals surface area contributed by atoms with E-state index in [1.807, 2.05) is 71.6 Å². The average Bonchev–Trinajstić information content (AvgIpc) is 3.31. The van der Waals surface area contributed by atoms with E-state index >= 15 is 0 Å². The molecule has 1 aliphatic rings. The molecule has 0 spiro atoms. The Hall–Kier alpha value is -3.10. The van der Waals surface area contributed by atoms with Gasteiger partial charge in [-0.15, -0.1) is 16.9 Å². The van der Waals surface area contributed by atoms with E-state index in [1.54, 1.807) is 16.4 Å². The number of rotatable bonds is 5. The number of aromatic nitrogens is 4. The van der Waals surface area contributed by atoms with E-state index in [2.05, 4.69) is 33.7 Å². The molecule has 1 amide bonds. The van der Waals surface area contributed by atoms with Gasteiger partial charge in [0, 0.05) is 10.6 Å². The second kappa shape index (κ2) is 8.95. The number of tetrazole rings is 1. The van der Waals surface area contributed by atoms with E-state index in [9.17, 15) is 4.79 Å². The van der Waals surface area contributed by atoms with E-state index in [0.717, 1.165) is 27.6 Å². The van der Waals surface area contributed by atoms with Gasteiger partial charge in [-0.3, -0.25) is 4.79 Å². The van der Waals surface area contributed by atoms with Crippen LogP contribution in [0.1, 0.15) is 11.6 Å². The largest absolute Gasteiger partial charge is 0.302 e. The summed E-state index contributed by atoms with van der Waals surface area (Å²) < 4.78 is 1.66. The van der Waals surface area contributed by atoms with Crippen LogP contribution in [0, 0.1) is 0 Å². The Morgan fingerprint density at radius 2 is 1.68 bits per heavy atom. The van der Waals surface area contributed by atoms with Crippen molar-refractivity contribution in [3.05, 3.63) is 90.5 Å². The van der Waals surface area contributed by atoms with Crippen LogP contribution in [-0.4, -0.2) is 37.6 Å². The van der Waals surface area contributed by atoms with Crippen molar-refractivity contribution in [3.8, 4) is 5.69 Å². The molecular weight excluding hydrogens is 426 g/mol. The smallest absolute Gasteiger partial charge is 0.238 e. The maximum Gasteiger partial charge on any atom is 0.238 e. The van der Waals surface area contributed by atoms with Crippen LogP contribution in [0.3, 0.4) is 0 Å². The molecule has 2 heterocycles. The molecule has 1 unspecified atom stereocenters. The monoisotopic (exact) mass is 445 g/mol. The summed E-state index contributed by atoms with van der Waals surface area (Å²) in [5, 5.41) is 12.6. The summed E-state index contributed by atoms with van der Waals surface area (Å²) in [5.74, 6) is 1.10. The van der Waals surface area contributed by atoms with Crippen molar-refractivity contribution in [1.29, 1.82) is 0 Å². The summed E-state index contributed by atoms with van der Waals surface area (Å²) in [7, 11) is 0. The maximum absolute atomic E-state index is 13.5. The van der Waals surface area contributed by atoms with Gasteiger partial charge in [0.2, 0.25) is 11.1 Å². The third-order valence-corrected chi connectivity index (χ3v) is 7.10. The quantitative estimate of drug-likeness (QED) is 0.417. The Balaban J connectivity index is 1.41. The summed E-state index contributed by atoms with van der Waals surface area (Å²) in [6, 6.07) is 28.0. The Kier molecular flexibility index (Phi) is 5.73. The van der Waals surface area contributed by atoms with E-state index in [-0.39, 0.29) is 17.7 Å². The molecule has 5 rings (SSSR count). The second-order valence-electron chi connectivity index (χ2n) is 6.97. The first-order valence-corrected chi connectivity index (χ1v) is 11.8. The van der Waals surface area contributed by atoms with E-state index in [4.69, 9.17) is 0 Å². The summed E-state index contributed by atoms with van der Waals surface area (Å²) in [6.07, 6.45) is 0. The average molecular weight is 446 g/mol. The molecular formula is C23H19N5OS2. The van der Waals surface area contributed by atoms with Crippen molar-refractivity contribution in [2.45, 2.75) is 16.1 Å². The fourth-order valence-corrected chi connectivity index (χ4v) is 5.53. The molecule has 0 bridgehead atoms. The number of para-hydroxylation sites is 2. The number of thioether (sulfide) groups is 2. The Morgan fingerprint density at radius 3 is 2.48 bits per heavy atom. The number of anilines is 1. The second-order valence-corrected chi connectivity index (χ2v) is 8.97. The van der Waals surface area contributed by atoms with Crippen LogP contribution in [-0.2, 0) is 4.79 Å². The van der Waals surface area contributed by atoms with Gasteiger partial charge in [0.25, 0.3) is 0 Å². The SMILES string of the molecule is O=C(CSc1nnnn1-c1ccccc1)N1c2ccccc2SCC1c1ccccc1. The van der Waals surface area contributed by atoms with Crippen LogP contribution in [0.25, 0.3) is 5.69 Å². The normalized spacial score (nSPS) is 15.5. The van der Waals surface area contributed by atoms with E-state index in [0.29, 0.717) is 5.16 Å². The number of hydrogen-bond donors (Lipinski definition) is 0. The van der Waals surface area contributed by atoms with Gasteiger partial charge in [-0.25, -0.2) is 0 Å². The van der Waals surface area contributed by atoms with Crippen LogP contribution in [0.4, 0.5) is 5.69 Å². The highest BCUT2D eigenvalue weighted by molar-refractivity contribution is 8.00. The lowest BCUT2D eigenvalue weighted by atomic mass is 10.1. The van der Waals surface area contributed by atoms with Crippen molar-refractivity contribution >= 4 is 35.1 Å². The lowest BCUT2D eigenvalue weighted by Crippen LogP contribution is -2.39. The summed E-state index contributed by atoms with van der Waals surface area (Å²) in [4.78, 5) is 16.6. The molecule has 8 heteroatoms. The van der Waals surface area contributed by atoms with Crippen LogP contribution < -0.4 is 4.90 Å². The summed E-state index contributed by atoms with van der Waals surface area (Å²) >= 11 is 3.14. The fraction of sp³-hybridized carbons (Fsp3) is 0.130. The van der Waals surface area contributed by atoms with Crippen molar-refractivity contribution in [2.75, 3.05) is 16.4 Å². The number of hydrogen-bond acceptors (Lipinski definition) is 6. The molecule has 154 valence electrons. The van der Waals surface area contributed by atoms with Gasteiger partial charge in [0.15, 0.2) is 0 Å². The molecule has 0 saturated carbocycles. The van der Waals surface area contributed by atoms with Gasteiger partial charge >= 0.3 is 0 Å². The van der Waals surface area contributed by atoms with Crippen molar-refractivity contribution in [1.82, 2.24) is 20.2 Å². The maximum atomic E-state index is 13.5. The third-order valence-electron chi connectivity index (χ3n) is 5.05. The number of carbonyl (C=O) groups excluding carboxylic acids is 1. The predicted octanol–water partition coefficient (Wildman–Crippen LogP) is 4.63. The first-order chi connectivity index (χ1) is 15.3. The highest BCUT2D eigenvalue weighted by atomic mass is 32.2. The van der Waals surface area contributed by atoms with Gasteiger partial charge < -0.3 is 4.90 Å². The van der Waals surface area contributed by atoms with Gasteiger partial charge in [-0.2, -0.15) is 4.68 Å². The van der Waals surface area contributed by atoms with Gasteiger partial charge in [0.1, 0.15) is 0 Å². The Morgan fingerprint density at radius 1 is 0.968 bits per heavy atom. The predicted molar refractivity (Wildman–Crippen MR) is 124 cm³/mol. The first kappa shape index (κ1) is 19.8. The van der Waals surface area contributed by atoms with Crippen molar-refractivity contribution in [2.24, 2.45) is 0 Å². The molecule has 31 heavy (non-hydrogen) atoms. The zero-order valence-corrected chi connectivity index (χ0v) is 18.2. The van der Waals surface area contributed by atoms with Crippen LogP contribution in [0.15, 0.2) is 95.0 Å². The molecule has 0 radical (unpaired) electrons. The number of benzene rings is 3. The number of fused-ring (bicyclic) bond motifs is 1. The molecule has 1 aromatic heterocycles. The molecule has 0 aliphatic carbocycles. The number of carbonyl (C=O) groups is 1. The highest BCUT2D eigenvalue weighted by Gasteiger charge is 2.32. The summed E-state index contributed by atoms with van der Waals surface area (Å²) in [6.45, 7) is 0. The van der Waals surface area contributed by atoms with Crippen molar-refractivity contribution < 1.29 is 4.79 Å². The Labute approximate surface area is 188 Å². The lowest BCUT2D eigenvalue weighted by molar-refractivity contribution is -0.116. The minimum absolute atomic E-state index is 0.0145. The lowest BCUT2D eigenvalue weighted by Gasteiger charge is -2.37. The molecule has 1 aliphatic heterocycles. The molecule has 0 saturated heterocycles. The zero-order chi connectivity index (χ0) is 21.0. The van der Waals surface area contributed by atoms with Crippen LogP contribution in [0.2, 0.25) is 0 Å². The standard InChI is InChI=1S/C23H19N5OS2/c29-22(16-31-23-24-25-26-28(23)18-11-5-2-6-12-18)27-19-13-7-8-14-21(19)30-15-20(27)17-9-3-1-4-10-17/h1-14,20H,15-16H2. The van der Waals surface area contributed by atoms with E-state index in [1.165, 1.54) is 11.8 Å². The van der Waals surface area contributed by atoms with Crippen LogP contribution in [0.5, 0.6) is 0 Å². The molecule has 4 aromatic rings. The van der Waals surface area contributed by atoms with Crippen molar-refractivity contribution in [3.63, 3.8) is 0 Å². The Bertz CT molecular complexity index is 1180. The van der Waals surface area contributed by atoms with Gasteiger partial charge in [0.05, 0.1) is 23.2 Å². The summed E-state index contributed by atoms with van der Waals surface area (Å²) in [5.41, 5.74) is 2.96. The first-order valence-electron chi connectivity index (χ1n) is 9.87.